The second-order valence-electron chi connectivity index (χ2n) is 21.4. The summed E-state index contributed by atoms with van der Waals surface area (Å²) in [6.07, 6.45) is 5.86. The summed E-state index contributed by atoms with van der Waals surface area (Å²) in [6, 6.07) is 19.1. The Labute approximate surface area is 403 Å². The number of carbonyl (C=O) groups is 6. The van der Waals surface area contributed by atoms with Crippen LogP contribution in [0.25, 0.3) is 0 Å². The summed E-state index contributed by atoms with van der Waals surface area (Å²) in [4.78, 5) is 85.9. The minimum Gasteiger partial charge on any atom is -0.347 e. The molecular formula is C54H76N8O6. The lowest BCUT2D eigenvalue weighted by Crippen LogP contribution is -2.60. The van der Waals surface area contributed by atoms with Crippen LogP contribution >= 0.6 is 0 Å². The number of rotatable bonds is 16. The van der Waals surface area contributed by atoms with Crippen LogP contribution in [0.1, 0.15) is 139 Å². The van der Waals surface area contributed by atoms with Crippen LogP contribution in [0.4, 0.5) is 0 Å². The highest BCUT2D eigenvalue weighted by molar-refractivity contribution is 5.95. The second kappa shape index (κ2) is 22.2. The molecule has 68 heavy (non-hydrogen) atoms. The number of nitrogens with zero attached hydrogens (tertiary/aromatic N) is 1. The van der Waals surface area contributed by atoms with Crippen LogP contribution in [0.3, 0.4) is 0 Å². The lowest BCUT2D eigenvalue weighted by molar-refractivity contribution is -0.144. The molecule has 0 aromatic heterocycles. The van der Waals surface area contributed by atoms with Gasteiger partial charge in [0.2, 0.25) is 35.4 Å². The van der Waals surface area contributed by atoms with E-state index < -0.39 is 53.0 Å². The number of hydrogen-bond donors (Lipinski definition) is 7. The smallest absolute Gasteiger partial charge is 0.246 e. The van der Waals surface area contributed by atoms with Gasteiger partial charge in [-0.15, -0.1) is 0 Å². The van der Waals surface area contributed by atoms with E-state index >= 15 is 0 Å². The Morgan fingerprint density at radius 3 is 1.63 bits per heavy atom. The zero-order valence-electron chi connectivity index (χ0n) is 41.9. The van der Waals surface area contributed by atoms with Gasteiger partial charge in [-0.1, -0.05) is 114 Å². The maximum Gasteiger partial charge on any atom is 0.246 e. The van der Waals surface area contributed by atoms with Crippen LogP contribution in [-0.2, 0) is 48.0 Å². The number of carbonyl (C=O) groups excluding carboxylic acids is 6. The average Bonchev–Trinajstić information content (AvgIpc) is 3.77. The van der Waals surface area contributed by atoms with Gasteiger partial charge in [0.15, 0.2) is 0 Å². The quantitative estimate of drug-likeness (QED) is 0.104. The average molecular weight is 933 g/mol. The highest BCUT2D eigenvalue weighted by Crippen LogP contribution is 2.37. The Hall–Kier alpha value is -5.60. The fraction of sp³-hybridized carbons (Fsp3) is 0.556. The normalized spacial score (nSPS) is 21.4. The number of aryl methyl sites for hydroxylation is 2. The molecule has 0 bridgehead atoms. The number of benzene rings is 3. The standard InChI is InChI=1S/C54H76N8O6/c1-32(55-9)47(63)60-45(53(3,4)5)51(67)59-43(49(65)57-41-23-15-19-36-17-11-13-21-39(36)41)29-34-25-27-35(28-26-34)38-30-44(50(66)58-42-24-16-20-37-18-12-14-22-40(37)42)62(31-38)52(68)46(54(6,7)8)61-48(64)33(2)56-10/h11-14,17-18,21-22,25-28,32-33,38,41-46,55-56H,15-16,19-20,23-24,29-31H2,1-10H3,(H,57,65)(H,58,66)(H,59,67)(H,60,63)(H,61,64)/t32?,33?,38-,41+,42+,43?,44-,45?,46?/m0/s1. The first-order valence-electron chi connectivity index (χ1n) is 24.6. The largest absolute Gasteiger partial charge is 0.347 e. The minimum absolute atomic E-state index is 0.172. The van der Waals surface area contributed by atoms with Crippen LogP contribution in [0.15, 0.2) is 72.8 Å². The van der Waals surface area contributed by atoms with Crippen LogP contribution in [-0.4, -0.2) is 97.2 Å². The molecule has 1 fully saturated rings. The van der Waals surface area contributed by atoms with Crippen molar-refractivity contribution in [2.75, 3.05) is 20.6 Å². The monoisotopic (exact) mass is 933 g/mol. The molecule has 6 amide bonds. The van der Waals surface area contributed by atoms with E-state index in [2.05, 4.69) is 55.4 Å². The van der Waals surface area contributed by atoms with E-state index in [0.717, 1.165) is 60.8 Å². The number of likely N-dealkylation sites (N-methyl/N-ethyl adjacent to an activating group) is 2. The molecule has 14 heteroatoms. The van der Waals surface area contributed by atoms with Gasteiger partial charge in [-0.25, -0.2) is 0 Å². The third-order valence-electron chi connectivity index (χ3n) is 14.2. The summed E-state index contributed by atoms with van der Waals surface area (Å²) in [6.45, 7) is 15.1. The van der Waals surface area contributed by atoms with Crippen LogP contribution in [0.2, 0.25) is 0 Å². The van der Waals surface area contributed by atoms with Gasteiger partial charge in [0.1, 0.15) is 24.2 Å². The summed E-state index contributed by atoms with van der Waals surface area (Å²) in [5.41, 5.74) is 4.97. The molecule has 3 aliphatic rings. The molecular weight excluding hydrogens is 857 g/mol. The van der Waals surface area contributed by atoms with Gasteiger partial charge in [-0.05, 0) is 117 Å². The van der Waals surface area contributed by atoms with Crippen molar-refractivity contribution in [2.24, 2.45) is 10.8 Å². The van der Waals surface area contributed by atoms with E-state index in [0.29, 0.717) is 6.42 Å². The summed E-state index contributed by atoms with van der Waals surface area (Å²) < 4.78 is 0. The molecule has 0 saturated carbocycles. The molecule has 14 nitrogen and oxygen atoms in total. The van der Waals surface area contributed by atoms with Crippen molar-refractivity contribution in [3.05, 3.63) is 106 Å². The molecule has 3 aromatic rings. The van der Waals surface area contributed by atoms with Gasteiger partial charge >= 0.3 is 0 Å². The topological polar surface area (TPSA) is 190 Å². The predicted octanol–water partition coefficient (Wildman–Crippen LogP) is 5.06. The molecule has 0 radical (unpaired) electrons. The molecule has 1 heterocycles. The fourth-order valence-corrected chi connectivity index (χ4v) is 9.83. The molecule has 5 unspecified atom stereocenters. The summed E-state index contributed by atoms with van der Waals surface area (Å²) in [5.74, 6) is -2.17. The zero-order valence-corrected chi connectivity index (χ0v) is 41.9. The Morgan fingerprint density at radius 1 is 0.618 bits per heavy atom. The Bertz CT molecular complexity index is 2280. The van der Waals surface area contributed by atoms with E-state index in [-0.39, 0.29) is 60.5 Å². The van der Waals surface area contributed by atoms with Crippen molar-refractivity contribution in [3.63, 3.8) is 0 Å². The van der Waals surface area contributed by atoms with Crippen LogP contribution in [0.5, 0.6) is 0 Å². The summed E-state index contributed by atoms with van der Waals surface area (Å²) in [5, 5.41) is 21.4. The molecule has 2 aliphatic carbocycles. The maximum atomic E-state index is 14.8. The van der Waals surface area contributed by atoms with E-state index in [9.17, 15) is 28.8 Å². The molecule has 6 rings (SSSR count). The Morgan fingerprint density at radius 2 is 1.12 bits per heavy atom. The molecule has 1 saturated heterocycles. The van der Waals surface area contributed by atoms with Gasteiger partial charge in [0, 0.05) is 18.9 Å². The first-order chi connectivity index (χ1) is 32.2. The minimum atomic E-state index is -0.973. The Kier molecular flexibility index (Phi) is 16.9. The SMILES string of the molecule is CNC(C)C(=O)NC(C(=O)NC(Cc1ccc([C@H]2C[C@@H](C(=O)N[C@@H]3CCCc4ccccc43)N(C(=O)C(NC(=O)C(C)NC)C(C)(C)C)C2)cc1)C(=O)N[C@@H]1CCCc2ccccc21)C(C)(C)C. The summed E-state index contributed by atoms with van der Waals surface area (Å²) in [7, 11) is 3.37. The van der Waals surface area contributed by atoms with Crippen molar-refractivity contribution in [2.45, 2.75) is 161 Å². The Balaban J connectivity index is 1.27. The number of likely N-dealkylation sites (tertiary alicyclic amines) is 1. The van der Waals surface area contributed by atoms with Gasteiger partial charge in [-0.2, -0.15) is 0 Å². The van der Waals surface area contributed by atoms with Gasteiger partial charge < -0.3 is 42.1 Å². The molecule has 1 aliphatic heterocycles. The molecule has 3 aromatic carbocycles. The van der Waals surface area contributed by atoms with Gasteiger partial charge in [-0.3, -0.25) is 28.8 Å². The molecule has 7 N–H and O–H groups in total. The second-order valence-corrected chi connectivity index (χ2v) is 21.4. The number of nitrogens with one attached hydrogen (secondary N) is 7. The maximum absolute atomic E-state index is 14.8. The molecule has 9 atom stereocenters. The summed E-state index contributed by atoms with van der Waals surface area (Å²) >= 11 is 0. The number of amides is 6. The molecule has 0 spiro atoms. The fourth-order valence-electron chi connectivity index (χ4n) is 9.83. The van der Waals surface area contributed by atoms with E-state index in [4.69, 9.17) is 0 Å². The predicted molar refractivity (Wildman–Crippen MR) is 265 cm³/mol. The highest BCUT2D eigenvalue weighted by atomic mass is 16.2. The third kappa shape index (κ3) is 12.5. The van der Waals surface area contributed by atoms with Crippen molar-refractivity contribution in [1.29, 1.82) is 0 Å². The van der Waals surface area contributed by atoms with Crippen LogP contribution in [0, 0.1) is 10.8 Å². The van der Waals surface area contributed by atoms with E-state index in [1.807, 2.05) is 96.1 Å². The molecule has 368 valence electrons. The lowest BCUT2D eigenvalue weighted by Gasteiger charge is -2.36. The third-order valence-corrected chi connectivity index (χ3v) is 14.2. The van der Waals surface area contributed by atoms with Crippen molar-refractivity contribution in [1.82, 2.24) is 42.1 Å². The number of hydrogen-bond acceptors (Lipinski definition) is 8. The van der Waals surface area contributed by atoms with E-state index in [1.54, 1.807) is 32.8 Å². The van der Waals surface area contributed by atoms with Crippen LogP contribution < -0.4 is 37.2 Å². The van der Waals surface area contributed by atoms with Crippen molar-refractivity contribution in [3.8, 4) is 0 Å². The van der Waals surface area contributed by atoms with Crippen molar-refractivity contribution >= 4 is 35.4 Å². The highest BCUT2D eigenvalue weighted by Gasteiger charge is 2.46. The lowest BCUT2D eigenvalue weighted by atomic mass is 9.85. The van der Waals surface area contributed by atoms with Gasteiger partial charge in [0.25, 0.3) is 0 Å². The zero-order chi connectivity index (χ0) is 49.5. The number of fused-ring (bicyclic) bond motifs is 2. The van der Waals surface area contributed by atoms with Crippen molar-refractivity contribution < 1.29 is 28.8 Å². The first-order valence-corrected chi connectivity index (χ1v) is 24.6. The van der Waals surface area contributed by atoms with E-state index in [1.165, 1.54) is 11.1 Å². The van der Waals surface area contributed by atoms with Gasteiger partial charge in [0.05, 0.1) is 24.2 Å². The first kappa shape index (κ1) is 51.8.